The van der Waals surface area contributed by atoms with Crippen LogP contribution in [0.2, 0.25) is 0 Å². The molecule has 1 aromatic rings. The van der Waals surface area contributed by atoms with Crippen LogP contribution in [-0.2, 0) is 79.2 Å². The van der Waals surface area contributed by atoms with E-state index < -0.39 is 60.1 Å². The molecule has 306 valence electrons. The number of carbonyl (C=O) groups is 3. The van der Waals surface area contributed by atoms with E-state index in [2.05, 4.69) is 5.32 Å². The number of alkyl halides is 9. The van der Waals surface area contributed by atoms with Gasteiger partial charge in [0.05, 0.1) is 0 Å². The predicted octanol–water partition coefficient (Wildman–Crippen LogP) is 5.41. The van der Waals surface area contributed by atoms with E-state index in [0.29, 0.717) is 12.5 Å². The summed E-state index contributed by atoms with van der Waals surface area (Å²) in [6.45, 7) is 1.99. The molecule has 0 heterocycles. The Balaban J connectivity index is -0.0000000265. The first-order valence-corrected chi connectivity index (χ1v) is 10.1. The van der Waals surface area contributed by atoms with Gasteiger partial charge in [0.2, 0.25) is 17.5 Å². The summed E-state index contributed by atoms with van der Waals surface area (Å²) in [6.07, 6.45) is -15.9. The molecule has 0 bridgehead atoms. The minimum Gasteiger partial charge on any atom is -0.550 e. The Morgan fingerprint density at radius 3 is 1.10 bits per heavy atom. The first-order valence-electron chi connectivity index (χ1n) is 10.1. The van der Waals surface area contributed by atoms with Gasteiger partial charge in [0, 0.05) is 90.6 Å². The van der Waals surface area contributed by atoms with Crippen molar-refractivity contribution in [1.82, 2.24) is 5.32 Å². The number of rotatable bonds is 6. The maximum Gasteiger partial charge on any atom is 0.449 e. The molecule has 1 unspecified atom stereocenters. The summed E-state index contributed by atoms with van der Waals surface area (Å²) >= 11 is 0. The third-order valence-electron chi connectivity index (χ3n) is 3.82. The van der Waals surface area contributed by atoms with E-state index in [1.54, 1.807) is 30.3 Å². The third-order valence-corrected chi connectivity index (χ3v) is 3.82. The number of aliphatic hydroxyl groups is 4. The normalized spacial score (nSPS) is 9.82. The summed E-state index contributed by atoms with van der Waals surface area (Å²) in [7, 11) is 1.46. The van der Waals surface area contributed by atoms with Crippen molar-refractivity contribution in [2.24, 2.45) is 5.92 Å². The molecule has 9 nitrogen and oxygen atoms in total. The van der Waals surface area contributed by atoms with Gasteiger partial charge in [-0.2, -0.15) is 39.5 Å². The summed E-state index contributed by atoms with van der Waals surface area (Å²) in [6, 6.07) is 8.11. The number of ketones is 2. The minimum absolute atomic E-state index is 0. The molecule has 0 aliphatic rings. The second kappa shape index (κ2) is 41.8. The van der Waals surface area contributed by atoms with Crippen LogP contribution < -0.4 is 10.4 Å². The number of benzene rings is 1. The van der Waals surface area contributed by atoms with Gasteiger partial charge in [0.25, 0.3) is 5.79 Å². The molecule has 0 spiro atoms. The number of hydrogen-bond acceptors (Lipinski definition) is 9. The maximum absolute atomic E-state index is 12.0. The average Bonchev–Trinajstić information content (AvgIpc) is 2.72. The van der Waals surface area contributed by atoms with Gasteiger partial charge in [-0.25, -0.2) is 0 Å². The molecule has 51 heavy (non-hydrogen) atoms. The molecular weight excluding hydrogens is 869 g/mol. The number of aliphatic carboxylic acids is 1. The number of hydrogen-bond donors (Lipinski definition) is 5. The molecule has 0 radical (unpaired) electrons. The predicted molar refractivity (Wildman–Crippen MR) is 170 cm³/mol. The van der Waals surface area contributed by atoms with Crippen LogP contribution >= 0.6 is 0 Å². The van der Waals surface area contributed by atoms with Crippen molar-refractivity contribution in [2.75, 3.05) is 7.05 Å². The molecule has 1 atom stereocenters. The molecule has 5 N–H and O–H groups in total. The van der Waals surface area contributed by atoms with Gasteiger partial charge in [-0.05, 0) is 26.0 Å². The Hall–Kier alpha value is -0.930. The fourth-order valence-electron chi connectivity index (χ4n) is 1.48. The Labute approximate surface area is 338 Å². The van der Waals surface area contributed by atoms with Crippen LogP contribution in [0.15, 0.2) is 30.3 Å². The van der Waals surface area contributed by atoms with E-state index in [1.165, 1.54) is 14.0 Å². The van der Waals surface area contributed by atoms with Crippen molar-refractivity contribution in [1.29, 1.82) is 0 Å². The van der Waals surface area contributed by atoms with Crippen LogP contribution in [0, 0.1) is 72.8 Å². The molecule has 0 aliphatic heterocycles. The first-order chi connectivity index (χ1) is 17.1. The van der Waals surface area contributed by atoms with Crippen molar-refractivity contribution >= 4 is 17.5 Å². The van der Waals surface area contributed by atoms with E-state index in [1.807, 2.05) is 0 Å². The largest absolute Gasteiger partial charge is 0.550 e. The van der Waals surface area contributed by atoms with Crippen LogP contribution in [0.25, 0.3) is 0 Å². The zero-order valence-corrected chi connectivity index (χ0v) is 40.7. The van der Waals surface area contributed by atoms with Gasteiger partial charge in [-0.1, -0.05) is 30.3 Å². The quantitative estimate of drug-likeness (QED) is 0.109. The number of carboxylic acid groups (broad SMARTS) is 1. The van der Waals surface area contributed by atoms with Crippen molar-refractivity contribution in [2.45, 2.75) is 63.8 Å². The molecule has 0 aliphatic carbocycles. The topological polar surface area (TPSA) is 167 Å². The molecule has 0 saturated heterocycles. The molecule has 0 fully saturated rings. The van der Waals surface area contributed by atoms with Crippen molar-refractivity contribution in [3.8, 4) is 0 Å². The average molecular weight is 924 g/mol. The molecular formula is C30H54F9NO8Zn3-10. The summed E-state index contributed by atoms with van der Waals surface area (Å²) in [5.41, 5.74) is 0.543. The van der Waals surface area contributed by atoms with Gasteiger partial charge < -0.3 is 97.2 Å². The number of halogens is 9. The van der Waals surface area contributed by atoms with E-state index >= 15 is 0 Å². The molecule has 1 rings (SSSR count). The monoisotopic (exact) mass is 919 g/mol. The fourth-order valence-corrected chi connectivity index (χ4v) is 1.48. The standard InChI is InChI=1S/C12H11F3O3.C3H5F3O2.C3H3F3O.C3H9NO2.9CH3.3Zn/c13-12(14,15)10(16)7-9(11(17)18)6-8-4-2-1-3-5-8;1-2(7,8)3(4,5)6;1-2(7)3(4,5)6;1-3(5,6)4-2;;;;;;;;;;;;/h1-5,9H,6-7H2,(H,17,18);7-8H,1H3;1H3;4-6H,1-2H3;9*1H3;;;/q;;;;9*-1;;;/p-1. The number of carbonyl (C=O) groups excluding carboxylic acids is 3. The van der Waals surface area contributed by atoms with Gasteiger partial charge in [0.15, 0.2) is 0 Å². The number of carboxylic acids is 1. The van der Waals surface area contributed by atoms with Crippen molar-refractivity contribution in [3.05, 3.63) is 103 Å². The fraction of sp³-hybridized carbons (Fsp3) is 0.400. The second-order valence-electron chi connectivity index (χ2n) is 7.67. The Morgan fingerprint density at radius 2 is 0.941 bits per heavy atom. The van der Waals surface area contributed by atoms with E-state index in [-0.39, 0.29) is 139 Å². The van der Waals surface area contributed by atoms with Gasteiger partial charge in [-0.3, -0.25) is 14.9 Å². The van der Waals surface area contributed by atoms with E-state index in [4.69, 9.17) is 20.4 Å². The SMILES string of the molecule is CC(=O)C(F)(F)F.CC(O)(O)C(F)(F)F.CNC(C)(O)O.O=C([O-])C(CC(=O)C(F)(F)F)Cc1ccccc1.[CH3-].[CH3-].[CH3-].[CH3-].[CH3-].[CH3-].[CH3-].[CH3-].[CH3-].[Zn].[Zn].[Zn]. The Bertz CT molecular complexity index is 885. The van der Waals surface area contributed by atoms with Gasteiger partial charge in [-0.15, -0.1) is 0 Å². The number of Topliss-reactive ketones (excluding diaryl/α,β-unsaturated/α-hetero) is 2. The summed E-state index contributed by atoms with van der Waals surface area (Å²) in [5, 5.41) is 45.1. The van der Waals surface area contributed by atoms with Crippen molar-refractivity contribution < 1.29 is 138 Å². The zero-order chi connectivity index (χ0) is 32.0. The molecule has 0 amide bonds. The molecule has 0 saturated carbocycles. The summed E-state index contributed by atoms with van der Waals surface area (Å²) in [4.78, 5) is 30.8. The molecule has 21 heteroatoms. The van der Waals surface area contributed by atoms with Crippen molar-refractivity contribution in [3.63, 3.8) is 0 Å². The van der Waals surface area contributed by atoms with Crippen LogP contribution in [0.4, 0.5) is 39.5 Å². The van der Waals surface area contributed by atoms with E-state index in [0.717, 1.165) is 0 Å². The zero-order valence-electron chi connectivity index (χ0n) is 31.8. The van der Waals surface area contributed by atoms with E-state index in [9.17, 15) is 59.0 Å². The maximum atomic E-state index is 12.0. The Kier molecular flexibility index (Phi) is 80.4. The summed E-state index contributed by atoms with van der Waals surface area (Å²) in [5.74, 6) is -12.2. The van der Waals surface area contributed by atoms with Gasteiger partial charge in [0.1, 0.15) is 0 Å². The van der Waals surface area contributed by atoms with Crippen LogP contribution in [0.5, 0.6) is 0 Å². The smallest absolute Gasteiger partial charge is 0.449 e. The van der Waals surface area contributed by atoms with Crippen LogP contribution in [-0.4, -0.2) is 75.2 Å². The van der Waals surface area contributed by atoms with Crippen LogP contribution in [0.3, 0.4) is 0 Å². The molecule has 1 aromatic carbocycles. The number of nitrogens with one attached hydrogen (secondary N) is 1. The van der Waals surface area contributed by atoms with Gasteiger partial charge >= 0.3 is 18.5 Å². The Morgan fingerprint density at radius 1 is 0.686 bits per heavy atom. The third kappa shape index (κ3) is 58.6. The van der Waals surface area contributed by atoms with Crippen LogP contribution in [0.1, 0.15) is 32.8 Å². The minimum atomic E-state index is -5.01. The second-order valence-corrected chi connectivity index (χ2v) is 7.67. The summed E-state index contributed by atoms with van der Waals surface area (Å²) < 4.78 is 102. The molecule has 0 aromatic heterocycles. The first kappa shape index (κ1) is 98.0.